The minimum Gasteiger partial charge on any atom is -0.403 e. The molecule has 5 N–H and O–H groups in total. The van der Waals surface area contributed by atoms with Gasteiger partial charge in [-0.2, -0.15) is 0 Å². The van der Waals surface area contributed by atoms with Crippen LogP contribution in [0.15, 0.2) is 47.7 Å². The molecular weight excluding hydrogens is 370 g/mol. The van der Waals surface area contributed by atoms with E-state index in [4.69, 9.17) is 11.6 Å². The molecule has 29 heavy (non-hydrogen) atoms. The number of aliphatic hydroxyl groups is 1. The van der Waals surface area contributed by atoms with Crippen molar-refractivity contribution in [3.8, 4) is 5.69 Å². The molecule has 1 saturated heterocycles. The molecule has 1 aromatic carbocycles. The lowest BCUT2D eigenvalue weighted by atomic mass is 10.2. The highest BCUT2D eigenvalue weighted by Crippen LogP contribution is 2.17. The van der Waals surface area contributed by atoms with Crippen molar-refractivity contribution in [2.75, 3.05) is 49.7 Å². The summed E-state index contributed by atoms with van der Waals surface area (Å²) in [6.45, 7) is 3.37. The van der Waals surface area contributed by atoms with Crippen molar-refractivity contribution in [3.63, 3.8) is 0 Å². The Bertz CT molecular complexity index is 887. The number of hydrazine groups is 1. The topological polar surface area (TPSA) is 117 Å². The maximum atomic E-state index is 13.2. The fourth-order valence-electron chi connectivity index (χ4n) is 3.29. The molecule has 3 rings (SSSR count). The standard InChI is InChI=1S/C20H29N7O2/c1-24-10-12-25(13-11-24)19-20(29)26(15-16(23-19)3-2-14-28)17-4-6-18(7-5-17)27(22)9-8-21/h4-9,15,28H,2-3,10-14,21-22H2,1H3/b9-8-. The molecule has 1 aromatic heterocycles. The van der Waals surface area contributed by atoms with Crippen molar-refractivity contribution in [3.05, 3.63) is 58.9 Å². The van der Waals surface area contributed by atoms with Crippen LogP contribution in [0.4, 0.5) is 11.5 Å². The number of rotatable bonds is 7. The predicted octanol–water partition coefficient (Wildman–Crippen LogP) is 0.0192. The van der Waals surface area contributed by atoms with Gasteiger partial charge in [-0.3, -0.25) is 14.4 Å². The molecule has 0 saturated carbocycles. The Hall–Kier alpha value is -2.88. The molecule has 1 fully saturated rings. The van der Waals surface area contributed by atoms with Crippen molar-refractivity contribution in [1.82, 2.24) is 14.5 Å². The summed E-state index contributed by atoms with van der Waals surface area (Å²) < 4.78 is 1.62. The van der Waals surface area contributed by atoms with E-state index >= 15 is 0 Å². The fraction of sp³-hybridized carbons (Fsp3) is 0.400. The van der Waals surface area contributed by atoms with E-state index in [1.165, 1.54) is 11.2 Å². The van der Waals surface area contributed by atoms with Crippen LogP contribution in [-0.4, -0.2) is 59.4 Å². The Balaban J connectivity index is 1.98. The first kappa shape index (κ1) is 20.8. The molecule has 0 unspecified atom stereocenters. The van der Waals surface area contributed by atoms with Gasteiger partial charge in [0.15, 0.2) is 5.82 Å². The second-order valence-corrected chi connectivity index (χ2v) is 7.11. The van der Waals surface area contributed by atoms with Gasteiger partial charge in [-0.05, 0) is 44.2 Å². The zero-order chi connectivity index (χ0) is 20.8. The average molecular weight is 399 g/mol. The van der Waals surface area contributed by atoms with Gasteiger partial charge in [-0.15, -0.1) is 0 Å². The number of aliphatic hydroxyl groups excluding tert-OH is 1. The van der Waals surface area contributed by atoms with E-state index in [1.807, 2.05) is 29.2 Å². The van der Waals surface area contributed by atoms with Gasteiger partial charge in [0.25, 0.3) is 5.56 Å². The summed E-state index contributed by atoms with van der Waals surface area (Å²) in [5, 5.41) is 10.6. The number of piperazine rings is 1. The molecule has 9 heteroatoms. The van der Waals surface area contributed by atoms with Crippen LogP contribution >= 0.6 is 0 Å². The summed E-state index contributed by atoms with van der Waals surface area (Å²) in [4.78, 5) is 22.1. The largest absolute Gasteiger partial charge is 0.403 e. The molecule has 0 bridgehead atoms. The molecule has 0 spiro atoms. The SMILES string of the molecule is CN1CCN(c2nc(CCCO)cn(-c3ccc(N(N)/C=C\N)cc3)c2=O)CC1. The van der Waals surface area contributed by atoms with Gasteiger partial charge in [-0.25, -0.2) is 10.8 Å². The van der Waals surface area contributed by atoms with Crippen LogP contribution in [0.3, 0.4) is 0 Å². The first-order valence-electron chi connectivity index (χ1n) is 9.73. The minimum atomic E-state index is -0.151. The number of aromatic nitrogens is 2. The first-order valence-corrected chi connectivity index (χ1v) is 9.73. The van der Waals surface area contributed by atoms with E-state index in [0.29, 0.717) is 18.7 Å². The predicted molar refractivity (Wildman–Crippen MR) is 115 cm³/mol. The summed E-state index contributed by atoms with van der Waals surface area (Å²) in [5.74, 6) is 6.35. The number of hydrogen-bond donors (Lipinski definition) is 3. The molecule has 1 aliphatic heterocycles. The number of benzene rings is 1. The Morgan fingerprint density at radius 1 is 1.21 bits per heavy atom. The lowest BCUT2D eigenvalue weighted by molar-refractivity contribution is 0.288. The third-order valence-electron chi connectivity index (χ3n) is 5.00. The molecule has 1 aliphatic rings. The number of nitrogens with two attached hydrogens (primary N) is 2. The maximum absolute atomic E-state index is 13.2. The van der Waals surface area contributed by atoms with Gasteiger partial charge < -0.3 is 20.6 Å². The van der Waals surface area contributed by atoms with Gasteiger partial charge in [-0.1, -0.05) is 0 Å². The molecule has 0 atom stereocenters. The molecule has 0 aliphatic carbocycles. The van der Waals surface area contributed by atoms with E-state index in [9.17, 15) is 9.90 Å². The normalized spacial score (nSPS) is 15.2. The van der Waals surface area contributed by atoms with E-state index < -0.39 is 0 Å². The summed E-state index contributed by atoms with van der Waals surface area (Å²) in [6.07, 6.45) is 5.86. The van der Waals surface area contributed by atoms with Gasteiger partial charge in [0.05, 0.1) is 11.4 Å². The van der Waals surface area contributed by atoms with Crippen LogP contribution in [0.2, 0.25) is 0 Å². The van der Waals surface area contributed by atoms with E-state index in [0.717, 1.165) is 43.2 Å². The summed E-state index contributed by atoms with van der Waals surface area (Å²) in [5.41, 5.74) is 7.49. The van der Waals surface area contributed by atoms with Crippen molar-refractivity contribution in [1.29, 1.82) is 0 Å². The smallest absolute Gasteiger partial charge is 0.298 e. The van der Waals surface area contributed by atoms with Gasteiger partial charge in [0.1, 0.15) is 0 Å². The summed E-state index contributed by atoms with van der Waals surface area (Å²) in [7, 11) is 2.07. The van der Waals surface area contributed by atoms with E-state index in [2.05, 4.69) is 16.9 Å². The van der Waals surface area contributed by atoms with E-state index in [-0.39, 0.29) is 12.2 Å². The molecule has 0 radical (unpaired) electrons. The maximum Gasteiger partial charge on any atom is 0.298 e. The number of aryl methyl sites for hydroxylation is 1. The highest BCUT2D eigenvalue weighted by Gasteiger charge is 2.20. The van der Waals surface area contributed by atoms with Crippen LogP contribution < -0.4 is 27.0 Å². The van der Waals surface area contributed by atoms with Crippen LogP contribution in [0.25, 0.3) is 5.69 Å². The molecule has 156 valence electrons. The summed E-state index contributed by atoms with van der Waals surface area (Å²) >= 11 is 0. The molecule has 9 nitrogen and oxygen atoms in total. The third kappa shape index (κ3) is 4.94. The van der Waals surface area contributed by atoms with Crippen LogP contribution in [0, 0.1) is 0 Å². The van der Waals surface area contributed by atoms with Crippen LogP contribution in [0.5, 0.6) is 0 Å². The Labute approximate surface area is 170 Å². The second-order valence-electron chi connectivity index (χ2n) is 7.11. The zero-order valence-corrected chi connectivity index (χ0v) is 16.7. The van der Waals surface area contributed by atoms with Crippen molar-refractivity contribution < 1.29 is 5.11 Å². The quantitative estimate of drug-likeness (QED) is 0.441. The van der Waals surface area contributed by atoms with Gasteiger partial charge >= 0.3 is 0 Å². The fourth-order valence-corrected chi connectivity index (χ4v) is 3.29. The highest BCUT2D eigenvalue weighted by molar-refractivity contribution is 5.52. The number of hydrogen-bond acceptors (Lipinski definition) is 8. The van der Waals surface area contributed by atoms with Gasteiger partial charge in [0, 0.05) is 57.1 Å². The highest BCUT2D eigenvalue weighted by atomic mass is 16.3. The number of likely N-dealkylation sites (N-methyl/N-ethyl adjacent to an activating group) is 1. The molecule has 0 amide bonds. The zero-order valence-electron chi connectivity index (χ0n) is 16.7. The lowest BCUT2D eigenvalue weighted by Crippen LogP contribution is -2.47. The van der Waals surface area contributed by atoms with Crippen LogP contribution in [0.1, 0.15) is 12.1 Å². The second kappa shape index (κ2) is 9.55. The molecule has 2 aromatic rings. The lowest BCUT2D eigenvalue weighted by Gasteiger charge is -2.33. The molecule has 2 heterocycles. The molecular formula is C20H29N7O2. The monoisotopic (exact) mass is 399 g/mol. The van der Waals surface area contributed by atoms with Crippen molar-refractivity contribution in [2.45, 2.75) is 12.8 Å². The average Bonchev–Trinajstić information content (AvgIpc) is 2.74. The summed E-state index contributed by atoms with van der Waals surface area (Å²) in [6, 6.07) is 7.32. The van der Waals surface area contributed by atoms with E-state index in [1.54, 1.807) is 17.0 Å². The van der Waals surface area contributed by atoms with Crippen LogP contribution in [-0.2, 0) is 6.42 Å². The Kier molecular flexibility index (Phi) is 6.86. The number of nitrogens with zero attached hydrogens (tertiary/aromatic N) is 5. The van der Waals surface area contributed by atoms with Crippen molar-refractivity contribution in [2.24, 2.45) is 11.6 Å². The van der Waals surface area contributed by atoms with Crippen molar-refractivity contribution >= 4 is 11.5 Å². The Morgan fingerprint density at radius 3 is 2.52 bits per heavy atom. The number of anilines is 2. The van der Waals surface area contributed by atoms with Gasteiger partial charge in [0.2, 0.25) is 0 Å². The third-order valence-corrected chi connectivity index (χ3v) is 5.00. The first-order chi connectivity index (χ1) is 14.0. The Morgan fingerprint density at radius 2 is 1.90 bits per heavy atom. The minimum absolute atomic E-state index is 0.0837.